The Labute approximate surface area is 124 Å². The fourth-order valence-corrected chi connectivity index (χ4v) is 3.32. The van der Waals surface area contributed by atoms with Crippen molar-refractivity contribution in [1.82, 2.24) is 0 Å². The van der Waals surface area contributed by atoms with Crippen LogP contribution in [0.25, 0.3) is 10.8 Å². The molecule has 1 N–H and O–H groups in total. The van der Waals surface area contributed by atoms with E-state index in [0.29, 0.717) is 5.69 Å². The predicted octanol–water partition coefficient (Wildman–Crippen LogP) is 3.95. The van der Waals surface area contributed by atoms with Crippen LogP contribution in [-0.2, 0) is 10.0 Å². The zero-order valence-electron chi connectivity index (χ0n) is 11.6. The van der Waals surface area contributed by atoms with Gasteiger partial charge in [-0.25, -0.2) is 8.42 Å². The molecule has 3 aromatic rings. The van der Waals surface area contributed by atoms with Crippen molar-refractivity contribution in [3.05, 3.63) is 72.3 Å². The Morgan fingerprint density at radius 2 is 1.48 bits per heavy atom. The Bertz CT molecular complexity index is 887. The SMILES string of the molecule is Cc1ccc2cc(S(=O)(=O)Nc3ccccc3)ccc2c1. The zero-order valence-corrected chi connectivity index (χ0v) is 12.4. The number of fused-ring (bicyclic) bond motifs is 1. The van der Waals surface area contributed by atoms with E-state index >= 15 is 0 Å². The third-order valence-electron chi connectivity index (χ3n) is 3.30. The first kappa shape index (κ1) is 13.6. The van der Waals surface area contributed by atoms with Crippen molar-refractivity contribution in [2.24, 2.45) is 0 Å². The van der Waals surface area contributed by atoms with Crippen LogP contribution in [0.4, 0.5) is 5.69 Å². The molecular weight excluding hydrogens is 282 g/mol. The van der Waals surface area contributed by atoms with Crippen LogP contribution in [-0.4, -0.2) is 8.42 Å². The van der Waals surface area contributed by atoms with Gasteiger partial charge >= 0.3 is 0 Å². The first-order chi connectivity index (χ1) is 10.0. The maximum absolute atomic E-state index is 12.4. The highest BCUT2D eigenvalue weighted by Crippen LogP contribution is 2.22. The van der Waals surface area contributed by atoms with E-state index in [1.165, 1.54) is 0 Å². The summed E-state index contributed by atoms with van der Waals surface area (Å²) in [5.74, 6) is 0. The minimum Gasteiger partial charge on any atom is -0.280 e. The summed E-state index contributed by atoms with van der Waals surface area (Å²) in [5, 5.41) is 1.95. The predicted molar refractivity (Wildman–Crippen MR) is 85.9 cm³/mol. The standard InChI is InChI=1S/C17H15NO2S/c1-13-7-8-15-12-17(10-9-14(15)11-13)21(19,20)18-16-5-3-2-4-6-16/h2-12,18H,1H3. The lowest BCUT2D eigenvalue weighted by molar-refractivity contribution is 0.601. The third kappa shape index (κ3) is 2.90. The van der Waals surface area contributed by atoms with Crippen LogP contribution in [0.3, 0.4) is 0 Å². The first-order valence-corrected chi connectivity index (χ1v) is 8.11. The molecule has 0 aromatic heterocycles. The summed E-state index contributed by atoms with van der Waals surface area (Å²) < 4.78 is 27.4. The van der Waals surface area contributed by atoms with E-state index in [2.05, 4.69) is 4.72 Å². The summed E-state index contributed by atoms with van der Waals surface area (Å²) in [7, 11) is -3.56. The Morgan fingerprint density at radius 3 is 2.24 bits per heavy atom. The Hall–Kier alpha value is -2.33. The molecular formula is C17H15NO2S. The highest BCUT2D eigenvalue weighted by Gasteiger charge is 2.14. The van der Waals surface area contributed by atoms with Crippen LogP contribution in [0.15, 0.2) is 71.6 Å². The van der Waals surface area contributed by atoms with Crippen molar-refractivity contribution in [3.8, 4) is 0 Å². The summed E-state index contributed by atoms with van der Waals surface area (Å²) in [6.07, 6.45) is 0. The molecule has 21 heavy (non-hydrogen) atoms. The van der Waals surface area contributed by atoms with Gasteiger partial charge in [-0.1, -0.05) is 48.0 Å². The minimum absolute atomic E-state index is 0.266. The topological polar surface area (TPSA) is 46.2 Å². The van der Waals surface area contributed by atoms with Gasteiger partial charge in [0, 0.05) is 5.69 Å². The van der Waals surface area contributed by atoms with E-state index in [9.17, 15) is 8.42 Å². The number of nitrogens with one attached hydrogen (secondary N) is 1. The van der Waals surface area contributed by atoms with Gasteiger partial charge in [-0.15, -0.1) is 0 Å². The van der Waals surface area contributed by atoms with Crippen LogP contribution in [0.1, 0.15) is 5.56 Å². The third-order valence-corrected chi connectivity index (χ3v) is 4.68. The fraction of sp³-hybridized carbons (Fsp3) is 0.0588. The molecule has 0 saturated carbocycles. The molecule has 0 aliphatic carbocycles. The molecule has 0 heterocycles. The van der Waals surface area contributed by atoms with Gasteiger partial charge in [-0.3, -0.25) is 4.72 Å². The van der Waals surface area contributed by atoms with Crippen LogP contribution in [0.5, 0.6) is 0 Å². The van der Waals surface area contributed by atoms with Crippen molar-refractivity contribution in [2.45, 2.75) is 11.8 Å². The van der Waals surface area contributed by atoms with Gasteiger partial charge in [0.15, 0.2) is 0 Å². The molecule has 3 rings (SSSR count). The molecule has 0 bridgehead atoms. The number of anilines is 1. The summed E-state index contributed by atoms with van der Waals surface area (Å²) >= 11 is 0. The van der Waals surface area contributed by atoms with E-state index in [1.54, 1.807) is 36.4 Å². The molecule has 0 radical (unpaired) electrons. The first-order valence-electron chi connectivity index (χ1n) is 6.63. The zero-order chi connectivity index (χ0) is 14.9. The molecule has 0 amide bonds. The second-order valence-corrected chi connectivity index (χ2v) is 6.67. The van der Waals surface area contributed by atoms with Crippen LogP contribution in [0.2, 0.25) is 0 Å². The molecule has 0 saturated heterocycles. The summed E-state index contributed by atoms with van der Waals surface area (Å²) in [5.41, 5.74) is 1.71. The van der Waals surface area contributed by atoms with E-state index < -0.39 is 10.0 Å². The molecule has 3 nitrogen and oxygen atoms in total. The molecule has 0 atom stereocenters. The van der Waals surface area contributed by atoms with Crippen molar-refractivity contribution in [2.75, 3.05) is 4.72 Å². The number of para-hydroxylation sites is 1. The smallest absolute Gasteiger partial charge is 0.261 e. The molecule has 4 heteroatoms. The molecule has 0 aliphatic rings. The average Bonchev–Trinajstić information content (AvgIpc) is 2.47. The van der Waals surface area contributed by atoms with Gasteiger partial charge < -0.3 is 0 Å². The molecule has 0 fully saturated rings. The van der Waals surface area contributed by atoms with Crippen LogP contribution in [0, 0.1) is 6.92 Å². The molecule has 106 valence electrons. The van der Waals surface area contributed by atoms with Crippen molar-refractivity contribution in [1.29, 1.82) is 0 Å². The molecule has 0 unspecified atom stereocenters. The summed E-state index contributed by atoms with van der Waals surface area (Å²) in [4.78, 5) is 0.266. The Balaban J connectivity index is 2.01. The maximum Gasteiger partial charge on any atom is 0.261 e. The van der Waals surface area contributed by atoms with Gasteiger partial charge in [0.25, 0.3) is 10.0 Å². The number of rotatable bonds is 3. The highest BCUT2D eigenvalue weighted by atomic mass is 32.2. The molecule has 0 aliphatic heterocycles. The minimum atomic E-state index is -3.56. The van der Waals surface area contributed by atoms with E-state index in [4.69, 9.17) is 0 Å². The monoisotopic (exact) mass is 297 g/mol. The fourth-order valence-electron chi connectivity index (χ4n) is 2.23. The lowest BCUT2D eigenvalue weighted by Crippen LogP contribution is -2.12. The number of aryl methyl sites for hydroxylation is 1. The van der Waals surface area contributed by atoms with Crippen molar-refractivity contribution in [3.63, 3.8) is 0 Å². The lowest BCUT2D eigenvalue weighted by Gasteiger charge is -2.09. The van der Waals surface area contributed by atoms with Gasteiger partial charge in [0.05, 0.1) is 4.90 Å². The lowest BCUT2D eigenvalue weighted by atomic mass is 10.1. The van der Waals surface area contributed by atoms with Crippen molar-refractivity contribution < 1.29 is 8.42 Å². The second-order valence-electron chi connectivity index (χ2n) is 4.98. The number of benzene rings is 3. The van der Waals surface area contributed by atoms with Gasteiger partial charge in [-0.05, 0) is 42.0 Å². The molecule has 0 spiro atoms. The van der Waals surface area contributed by atoms with Crippen molar-refractivity contribution >= 4 is 26.5 Å². The average molecular weight is 297 g/mol. The van der Waals surface area contributed by atoms with Gasteiger partial charge in [-0.2, -0.15) is 0 Å². The normalized spacial score (nSPS) is 11.5. The van der Waals surface area contributed by atoms with E-state index in [0.717, 1.165) is 16.3 Å². The van der Waals surface area contributed by atoms with Gasteiger partial charge in [0.2, 0.25) is 0 Å². The second kappa shape index (κ2) is 5.22. The number of hydrogen-bond acceptors (Lipinski definition) is 2. The number of hydrogen-bond donors (Lipinski definition) is 1. The van der Waals surface area contributed by atoms with Crippen LogP contribution < -0.4 is 4.72 Å². The van der Waals surface area contributed by atoms with Crippen LogP contribution >= 0.6 is 0 Å². The molecule has 3 aromatic carbocycles. The van der Waals surface area contributed by atoms with Gasteiger partial charge in [0.1, 0.15) is 0 Å². The number of sulfonamides is 1. The quantitative estimate of drug-likeness (QED) is 0.795. The largest absolute Gasteiger partial charge is 0.280 e. The summed E-state index contributed by atoms with van der Waals surface area (Å²) in [6.45, 7) is 2.01. The Morgan fingerprint density at radius 1 is 0.810 bits per heavy atom. The van der Waals surface area contributed by atoms with E-state index in [1.807, 2.05) is 37.3 Å². The van der Waals surface area contributed by atoms with E-state index in [-0.39, 0.29) is 4.90 Å². The summed E-state index contributed by atoms with van der Waals surface area (Å²) in [6, 6.07) is 20.0. The highest BCUT2D eigenvalue weighted by molar-refractivity contribution is 7.92. The Kier molecular flexibility index (Phi) is 3.39. The maximum atomic E-state index is 12.4.